The monoisotopic (exact) mass is 194 g/mol. The summed E-state index contributed by atoms with van der Waals surface area (Å²) in [6.45, 7) is 2.82. The van der Waals surface area contributed by atoms with Crippen molar-refractivity contribution in [2.75, 3.05) is 19.6 Å². The molecule has 0 amide bonds. The van der Waals surface area contributed by atoms with Gasteiger partial charge in [0.15, 0.2) is 0 Å². The summed E-state index contributed by atoms with van der Waals surface area (Å²) in [5, 5.41) is 2.77. The Morgan fingerprint density at radius 1 is 1.55 bits per heavy atom. The lowest BCUT2D eigenvalue weighted by molar-refractivity contribution is 0.170. The van der Waals surface area contributed by atoms with Crippen LogP contribution in [0.2, 0.25) is 0 Å². The van der Waals surface area contributed by atoms with Gasteiger partial charge in [0.1, 0.15) is 0 Å². The van der Waals surface area contributed by atoms with Gasteiger partial charge < -0.3 is 0 Å². The maximum Gasteiger partial charge on any atom is 0.0498 e. The van der Waals surface area contributed by atoms with E-state index in [1.807, 2.05) is 0 Å². The molecule has 0 unspecified atom stereocenters. The molecule has 4 heteroatoms. The molecule has 1 rings (SSSR count). The fourth-order valence-corrected chi connectivity index (χ4v) is 1.31. The predicted molar refractivity (Wildman–Crippen MR) is 48.6 cm³/mol. The summed E-state index contributed by atoms with van der Waals surface area (Å²) in [4.78, 5) is 0. The number of halogens is 2. The summed E-state index contributed by atoms with van der Waals surface area (Å²) in [5.41, 5.74) is 4.65. The highest BCUT2D eigenvalue weighted by atomic mass is 35.5. The Morgan fingerprint density at radius 2 is 2.36 bits per heavy atom. The molecular weight excluding hydrogens is 183 g/mol. The van der Waals surface area contributed by atoms with Crippen LogP contribution in [0.25, 0.3) is 0 Å². The Morgan fingerprint density at radius 3 is 2.91 bits per heavy atom. The van der Waals surface area contributed by atoms with E-state index in [2.05, 4.69) is 10.4 Å². The van der Waals surface area contributed by atoms with Crippen molar-refractivity contribution in [3.8, 4) is 0 Å². The Hall–Kier alpha value is 0.240. The summed E-state index contributed by atoms with van der Waals surface area (Å²) < 4.78 is 0. The Balaban J connectivity index is 2.24. The van der Waals surface area contributed by atoms with Gasteiger partial charge in [-0.3, -0.25) is 5.43 Å². The summed E-state index contributed by atoms with van der Waals surface area (Å²) in [6, 6.07) is 0. The van der Waals surface area contributed by atoms with Gasteiger partial charge in [-0.25, -0.2) is 5.01 Å². The molecule has 1 aliphatic heterocycles. The Bertz CT molecular complexity index is 141. The summed E-state index contributed by atoms with van der Waals surface area (Å²) in [5.74, 6) is 0. The van der Waals surface area contributed by atoms with Crippen molar-refractivity contribution >= 4 is 23.2 Å². The molecule has 0 aromatic carbocycles. The third-order valence-corrected chi connectivity index (χ3v) is 2.25. The lowest BCUT2D eigenvalue weighted by Gasteiger charge is -2.26. The lowest BCUT2D eigenvalue weighted by atomic mass is 10.3. The first-order valence-corrected chi connectivity index (χ1v) is 4.57. The molecule has 0 radical (unpaired) electrons. The molecule has 0 aromatic rings. The van der Waals surface area contributed by atoms with E-state index in [1.54, 1.807) is 0 Å². The first kappa shape index (κ1) is 9.33. The molecule has 1 heterocycles. The molecule has 1 saturated heterocycles. The summed E-state index contributed by atoms with van der Waals surface area (Å²) in [7, 11) is 0. The van der Waals surface area contributed by atoms with E-state index in [0.717, 1.165) is 13.1 Å². The van der Waals surface area contributed by atoms with E-state index in [4.69, 9.17) is 23.2 Å². The first-order chi connectivity index (χ1) is 5.33. The molecule has 1 N–H and O–H groups in total. The first-order valence-electron chi connectivity index (χ1n) is 3.76. The molecule has 2 nitrogen and oxygen atoms in total. The van der Waals surface area contributed by atoms with E-state index in [-0.39, 0.29) is 0 Å². The van der Waals surface area contributed by atoms with E-state index in [0.29, 0.717) is 11.6 Å². The van der Waals surface area contributed by atoms with Gasteiger partial charge in [0, 0.05) is 30.2 Å². The molecule has 1 aliphatic rings. The van der Waals surface area contributed by atoms with Gasteiger partial charge in [-0.15, -0.1) is 0 Å². The van der Waals surface area contributed by atoms with Crippen molar-refractivity contribution in [2.45, 2.75) is 12.8 Å². The van der Waals surface area contributed by atoms with Gasteiger partial charge in [-0.1, -0.05) is 23.2 Å². The zero-order valence-corrected chi connectivity index (χ0v) is 7.83. The molecular formula is C7H12Cl2N2. The van der Waals surface area contributed by atoms with E-state index in [9.17, 15) is 0 Å². The molecule has 1 fully saturated rings. The number of hydrazine groups is 1. The quantitative estimate of drug-likeness (QED) is 0.723. The molecule has 0 spiro atoms. The predicted octanol–water partition coefficient (Wildman–Crippen LogP) is 1.91. The maximum absolute atomic E-state index is 5.75. The second-order valence-electron chi connectivity index (χ2n) is 2.59. The second-order valence-corrected chi connectivity index (χ2v) is 3.30. The minimum atomic E-state index is 0.682. The number of nitrogens with zero attached hydrogens (tertiary/aromatic N) is 1. The van der Waals surface area contributed by atoms with Crippen molar-refractivity contribution in [1.82, 2.24) is 10.4 Å². The fraction of sp³-hybridized carbons (Fsp3) is 0.714. The van der Waals surface area contributed by atoms with Crippen molar-refractivity contribution in [2.24, 2.45) is 0 Å². The Labute approximate surface area is 77.1 Å². The minimum Gasteiger partial charge on any atom is -0.255 e. The highest BCUT2D eigenvalue weighted by Gasteiger charge is 2.09. The van der Waals surface area contributed by atoms with Crippen LogP contribution in [0.1, 0.15) is 12.8 Å². The molecule has 0 aromatic heterocycles. The van der Waals surface area contributed by atoms with Gasteiger partial charge in [0.05, 0.1) is 0 Å². The zero-order valence-electron chi connectivity index (χ0n) is 6.32. The summed E-state index contributed by atoms with van der Waals surface area (Å²) in [6.07, 6.45) is 2.48. The molecule has 0 aliphatic carbocycles. The molecule has 0 saturated carbocycles. The van der Waals surface area contributed by atoms with Crippen LogP contribution in [0, 0.1) is 0 Å². The van der Waals surface area contributed by atoms with Crippen LogP contribution in [-0.2, 0) is 0 Å². The summed E-state index contributed by atoms with van der Waals surface area (Å²) >= 11 is 11.2. The number of hydrogen-bond donors (Lipinski definition) is 1. The molecule has 0 bridgehead atoms. The van der Waals surface area contributed by atoms with Crippen LogP contribution in [0.3, 0.4) is 0 Å². The largest absolute Gasteiger partial charge is 0.255 e. The van der Waals surface area contributed by atoms with Crippen LogP contribution in [0.5, 0.6) is 0 Å². The normalized spacial score (nSPS) is 22.2. The molecule has 11 heavy (non-hydrogen) atoms. The standard InChI is InChI=1S/C7H12Cl2N2/c8-5-7(9)6-11-4-2-1-3-10-11/h5,10H,1-4,6H2/b7-5+. The van der Waals surface area contributed by atoms with Gasteiger partial charge in [-0.05, 0) is 12.8 Å². The fourth-order valence-electron chi connectivity index (χ4n) is 1.10. The topological polar surface area (TPSA) is 15.3 Å². The van der Waals surface area contributed by atoms with E-state index >= 15 is 0 Å². The van der Waals surface area contributed by atoms with Gasteiger partial charge in [-0.2, -0.15) is 0 Å². The number of rotatable bonds is 2. The highest BCUT2D eigenvalue weighted by Crippen LogP contribution is 2.07. The van der Waals surface area contributed by atoms with Crippen molar-refractivity contribution in [3.63, 3.8) is 0 Å². The van der Waals surface area contributed by atoms with E-state index in [1.165, 1.54) is 18.4 Å². The minimum absolute atomic E-state index is 0.682. The highest BCUT2D eigenvalue weighted by molar-refractivity contribution is 6.36. The van der Waals surface area contributed by atoms with Crippen molar-refractivity contribution < 1.29 is 0 Å². The number of hydrogen-bond acceptors (Lipinski definition) is 2. The smallest absolute Gasteiger partial charge is 0.0498 e. The third-order valence-electron chi connectivity index (χ3n) is 1.65. The maximum atomic E-state index is 5.75. The van der Waals surface area contributed by atoms with Crippen LogP contribution in [-0.4, -0.2) is 24.6 Å². The second kappa shape index (κ2) is 4.99. The third kappa shape index (κ3) is 3.43. The van der Waals surface area contributed by atoms with Crippen LogP contribution in [0.4, 0.5) is 0 Å². The van der Waals surface area contributed by atoms with Gasteiger partial charge >= 0.3 is 0 Å². The SMILES string of the molecule is Cl/C=C(/Cl)CN1CCCCN1. The van der Waals surface area contributed by atoms with E-state index < -0.39 is 0 Å². The van der Waals surface area contributed by atoms with Gasteiger partial charge in [0.25, 0.3) is 0 Å². The van der Waals surface area contributed by atoms with Gasteiger partial charge in [0.2, 0.25) is 0 Å². The Kier molecular flexibility index (Phi) is 4.23. The van der Waals surface area contributed by atoms with Crippen LogP contribution < -0.4 is 5.43 Å². The van der Waals surface area contributed by atoms with Crippen molar-refractivity contribution in [1.29, 1.82) is 0 Å². The van der Waals surface area contributed by atoms with Crippen LogP contribution >= 0.6 is 23.2 Å². The molecule has 0 atom stereocenters. The average Bonchev–Trinajstić information content (AvgIpc) is 2.06. The number of nitrogens with one attached hydrogen (secondary N) is 1. The molecule has 64 valence electrons. The van der Waals surface area contributed by atoms with Crippen LogP contribution in [0.15, 0.2) is 10.6 Å². The lowest BCUT2D eigenvalue weighted by Crippen LogP contribution is -2.43. The van der Waals surface area contributed by atoms with Crippen molar-refractivity contribution in [3.05, 3.63) is 10.6 Å². The zero-order chi connectivity index (χ0) is 8.10. The average molecular weight is 195 g/mol.